The number of hydrogen-bond acceptors (Lipinski definition) is 9. The Balaban J connectivity index is 2.35. The van der Waals surface area contributed by atoms with Crippen molar-refractivity contribution in [3.05, 3.63) is 18.5 Å². The average molecular weight is 861 g/mol. The van der Waals surface area contributed by atoms with Crippen molar-refractivity contribution >= 4 is 23.9 Å². The SMILES string of the molecule is CCCCCCCCC(CC)OC(=O)CCCCCCCN(CCCCCCCC(=O)OC(CCCCCCCC)CCCCCCCC)CCCNSc1ncccn1. The van der Waals surface area contributed by atoms with Gasteiger partial charge in [-0.05, 0) is 115 Å². The number of unbranched alkanes of at least 4 members (excludes halogenated alkanes) is 23. The molecule has 350 valence electrons. The molecule has 1 unspecified atom stereocenters. The van der Waals surface area contributed by atoms with Gasteiger partial charge in [0, 0.05) is 31.8 Å². The predicted octanol–water partition coefficient (Wildman–Crippen LogP) is 14.9. The molecule has 1 heterocycles. The Morgan fingerprint density at radius 3 is 1.37 bits per heavy atom. The van der Waals surface area contributed by atoms with Crippen molar-refractivity contribution in [2.24, 2.45) is 0 Å². The van der Waals surface area contributed by atoms with E-state index in [1.54, 1.807) is 12.4 Å². The van der Waals surface area contributed by atoms with Crippen LogP contribution in [0.2, 0.25) is 0 Å². The normalized spacial score (nSPS) is 12.1. The van der Waals surface area contributed by atoms with Gasteiger partial charge in [-0.15, -0.1) is 0 Å². The van der Waals surface area contributed by atoms with Crippen molar-refractivity contribution in [1.82, 2.24) is 19.6 Å². The lowest BCUT2D eigenvalue weighted by Crippen LogP contribution is -2.29. The zero-order valence-electron chi connectivity index (χ0n) is 39.8. The summed E-state index contributed by atoms with van der Waals surface area (Å²) in [4.78, 5) is 36.6. The molecule has 0 bridgehead atoms. The molecule has 1 rings (SSSR count). The topological polar surface area (TPSA) is 93.7 Å². The third kappa shape index (κ3) is 36.9. The van der Waals surface area contributed by atoms with Gasteiger partial charge in [0.05, 0.1) is 0 Å². The van der Waals surface area contributed by atoms with Crippen LogP contribution in [-0.4, -0.2) is 65.2 Å². The molecule has 1 N–H and O–H groups in total. The predicted molar refractivity (Wildman–Crippen MR) is 256 cm³/mol. The highest BCUT2D eigenvalue weighted by Gasteiger charge is 2.15. The average Bonchev–Trinajstić information content (AvgIpc) is 3.25. The van der Waals surface area contributed by atoms with Gasteiger partial charge in [0.1, 0.15) is 12.2 Å². The van der Waals surface area contributed by atoms with Crippen molar-refractivity contribution < 1.29 is 19.1 Å². The maximum Gasteiger partial charge on any atom is 0.306 e. The van der Waals surface area contributed by atoms with Gasteiger partial charge >= 0.3 is 11.9 Å². The second-order valence-corrected chi connectivity index (χ2v) is 18.4. The molecule has 0 aliphatic carbocycles. The maximum absolute atomic E-state index is 12.9. The summed E-state index contributed by atoms with van der Waals surface area (Å²) in [6.07, 6.45) is 44.3. The number of rotatable bonds is 46. The van der Waals surface area contributed by atoms with Crippen LogP contribution in [0.25, 0.3) is 0 Å². The van der Waals surface area contributed by atoms with E-state index in [-0.39, 0.29) is 24.1 Å². The Bertz CT molecular complexity index is 1050. The smallest absolute Gasteiger partial charge is 0.306 e. The van der Waals surface area contributed by atoms with Crippen LogP contribution in [0.15, 0.2) is 23.6 Å². The second-order valence-electron chi connectivity index (χ2n) is 17.6. The molecule has 0 aromatic carbocycles. The number of esters is 2. The quantitative estimate of drug-likeness (QED) is 0.0298. The maximum atomic E-state index is 12.9. The first-order valence-corrected chi connectivity index (χ1v) is 26.6. The standard InChI is InChI=1S/C51H96N4O4S/c1-5-9-12-15-20-27-36-47(8-4)58-49(56)39-30-23-18-25-32-44-55(46-35-43-54-60-51-52-41-34-42-53-51)45-33-26-19-24-31-40-50(57)59-48(37-28-21-16-13-10-6-2)38-29-22-17-14-11-7-3/h34,41-42,47-48,54H,5-33,35-40,43-46H2,1-4H3. The van der Waals surface area contributed by atoms with Gasteiger partial charge in [-0.1, -0.05) is 163 Å². The van der Waals surface area contributed by atoms with Crippen LogP contribution in [0, 0.1) is 0 Å². The first-order chi connectivity index (χ1) is 29.5. The molecule has 1 aromatic rings. The molecule has 0 fully saturated rings. The minimum Gasteiger partial charge on any atom is -0.462 e. The molecule has 0 radical (unpaired) electrons. The van der Waals surface area contributed by atoms with E-state index in [1.165, 1.54) is 166 Å². The summed E-state index contributed by atoms with van der Waals surface area (Å²) in [6.45, 7) is 13.2. The van der Waals surface area contributed by atoms with E-state index in [0.29, 0.717) is 12.8 Å². The summed E-state index contributed by atoms with van der Waals surface area (Å²) in [7, 11) is 0. The number of carbonyl (C=O) groups excluding carboxylic acids is 2. The van der Waals surface area contributed by atoms with Gasteiger partial charge in [-0.2, -0.15) is 0 Å². The fraction of sp³-hybridized carbons (Fsp3) is 0.882. The van der Waals surface area contributed by atoms with Crippen LogP contribution in [0.5, 0.6) is 0 Å². The van der Waals surface area contributed by atoms with Crippen molar-refractivity contribution in [3.63, 3.8) is 0 Å². The monoisotopic (exact) mass is 861 g/mol. The highest BCUT2D eigenvalue weighted by Crippen LogP contribution is 2.19. The van der Waals surface area contributed by atoms with Crippen molar-refractivity contribution in [3.8, 4) is 0 Å². The summed E-state index contributed by atoms with van der Waals surface area (Å²) < 4.78 is 15.3. The molecule has 0 spiro atoms. The van der Waals surface area contributed by atoms with Crippen LogP contribution in [-0.2, 0) is 19.1 Å². The van der Waals surface area contributed by atoms with Gasteiger partial charge in [-0.3, -0.25) is 14.3 Å². The molecule has 8 nitrogen and oxygen atoms in total. The fourth-order valence-electron chi connectivity index (χ4n) is 7.99. The largest absolute Gasteiger partial charge is 0.462 e. The molecule has 9 heteroatoms. The van der Waals surface area contributed by atoms with Crippen molar-refractivity contribution in [2.75, 3.05) is 26.2 Å². The highest BCUT2D eigenvalue weighted by molar-refractivity contribution is 7.97. The third-order valence-electron chi connectivity index (χ3n) is 11.9. The molecule has 1 atom stereocenters. The van der Waals surface area contributed by atoms with Crippen LogP contribution in [0.1, 0.15) is 252 Å². The number of carbonyl (C=O) groups is 2. The lowest BCUT2D eigenvalue weighted by molar-refractivity contribution is -0.150. The first-order valence-electron chi connectivity index (χ1n) is 25.8. The lowest BCUT2D eigenvalue weighted by atomic mass is 10.0. The van der Waals surface area contributed by atoms with E-state index in [0.717, 1.165) is 89.1 Å². The van der Waals surface area contributed by atoms with Crippen LogP contribution in [0.3, 0.4) is 0 Å². The van der Waals surface area contributed by atoms with Gasteiger partial charge in [0.15, 0.2) is 0 Å². The summed E-state index contributed by atoms with van der Waals surface area (Å²) in [5.74, 6) is 0.0217. The van der Waals surface area contributed by atoms with Crippen LogP contribution >= 0.6 is 11.9 Å². The first kappa shape index (κ1) is 56.3. The second kappa shape index (κ2) is 43.9. The number of nitrogens with zero attached hydrogens (tertiary/aromatic N) is 3. The van der Waals surface area contributed by atoms with Gasteiger partial charge in [-0.25, -0.2) is 9.97 Å². The summed E-state index contributed by atoms with van der Waals surface area (Å²) in [6, 6.07) is 1.84. The highest BCUT2D eigenvalue weighted by atomic mass is 32.2. The van der Waals surface area contributed by atoms with Gasteiger partial charge in [0.25, 0.3) is 0 Å². The molecular formula is C51H96N4O4S. The molecule has 0 aliphatic rings. The molecule has 0 aliphatic heterocycles. The number of aromatic nitrogens is 2. The molecule has 60 heavy (non-hydrogen) atoms. The molecule has 0 amide bonds. The Morgan fingerprint density at radius 1 is 0.517 bits per heavy atom. The van der Waals surface area contributed by atoms with Gasteiger partial charge in [0.2, 0.25) is 5.16 Å². The Kier molecular flexibility index (Phi) is 41.2. The van der Waals surface area contributed by atoms with Crippen LogP contribution in [0.4, 0.5) is 0 Å². The minimum absolute atomic E-state index is 0.00390. The minimum atomic E-state index is -0.00390. The van der Waals surface area contributed by atoms with Crippen LogP contribution < -0.4 is 4.72 Å². The van der Waals surface area contributed by atoms with Crippen molar-refractivity contribution in [2.45, 2.75) is 270 Å². The zero-order chi connectivity index (χ0) is 43.4. The fourth-order valence-corrected chi connectivity index (χ4v) is 8.59. The van der Waals surface area contributed by atoms with E-state index in [9.17, 15) is 9.59 Å². The Morgan fingerprint density at radius 2 is 0.900 bits per heavy atom. The van der Waals surface area contributed by atoms with E-state index in [1.807, 2.05) is 6.07 Å². The summed E-state index contributed by atoms with van der Waals surface area (Å²) in [5.41, 5.74) is 0. The van der Waals surface area contributed by atoms with Crippen molar-refractivity contribution in [1.29, 1.82) is 0 Å². The Hall–Kier alpha value is -1.71. The molecule has 0 saturated carbocycles. The molecular weight excluding hydrogens is 765 g/mol. The van der Waals surface area contributed by atoms with E-state index >= 15 is 0 Å². The lowest BCUT2D eigenvalue weighted by Gasteiger charge is -2.22. The number of ether oxygens (including phenoxy) is 2. The van der Waals surface area contributed by atoms with Gasteiger partial charge < -0.3 is 14.4 Å². The van der Waals surface area contributed by atoms with E-state index < -0.39 is 0 Å². The third-order valence-corrected chi connectivity index (χ3v) is 12.6. The molecule has 0 saturated heterocycles. The summed E-state index contributed by atoms with van der Waals surface area (Å²) >= 11 is 1.50. The van der Waals surface area contributed by atoms with E-state index in [4.69, 9.17) is 9.47 Å². The van der Waals surface area contributed by atoms with E-state index in [2.05, 4.69) is 47.3 Å². The number of nitrogens with one attached hydrogen (secondary N) is 1. The summed E-state index contributed by atoms with van der Waals surface area (Å²) in [5, 5.41) is 0.760. The molecule has 1 aromatic heterocycles. The zero-order valence-corrected chi connectivity index (χ0v) is 40.7. The Labute approximate surface area is 375 Å². The number of hydrogen-bond donors (Lipinski definition) is 1.